The van der Waals surface area contributed by atoms with Gasteiger partial charge in [-0.15, -0.1) is 0 Å². The first-order valence-electron chi connectivity index (χ1n) is 39.5. The van der Waals surface area contributed by atoms with Crippen molar-refractivity contribution in [3.63, 3.8) is 0 Å². The van der Waals surface area contributed by atoms with E-state index in [0.717, 1.165) is 71.9 Å². The molecular weight excluding hydrogens is 1410 g/mol. The molecule has 15 atom stereocenters. The van der Waals surface area contributed by atoms with Crippen molar-refractivity contribution in [3.8, 4) is 0 Å². The largest absolute Gasteiger partial charge is 0.347 e. The number of benzene rings is 4. The molecule has 27 nitrogen and oxygen atoms in total. The smallest absolute Gasteiger partial charge is 0.251 e. The Kier molecular flexibility index (Phi) is 26.7. The van der Waals surface area contributed by atoms with Crippen molar-refractivity contribution in [2.75, 3.05) is 40.8 Å². The summed E-state index contributed by atoms with van der Waals surface area (Å²) in [7, 11) is 4.87. The first-order valence-corrected chi connectivity index (χ1v) is 39.5. The van der Waals surface area contributed by atoms with Gasteiger partial charge < -0.3 is 78.5 Å². The molecule has 27 heteroatoms. The number of hydrogen-bond acceptors (Lipinski definition) is 15. The van der Waals surface area contributed by atoms with Gasteiger partial charge in [-0.25, -0.2) is 0 Å². The maximum Gasteiger partial charge on any atom is 0.251 e. The topological polar surface area (TPSA) is 359 Å². The van der Waals surface area contributed by atoms with Gasteiger partial charge in [-0.2, -0.15) is 0 Å². The van der Waals surface area contributed by atoms with E-state index in [-0.39, 0.29) is 73.7 Å². The number of carbonyl (C=O) groups excluding carboxylic acids is 12. The molecule has 12 amide bonds. The van der Waals surface area contributed by atoms with E-state index in [4.69, 9.17) is 0 Å². The van der Waals surface area contributed by atoms with Crippen molar-refractivity contribution >= 4 is 70.9 Å². The average Bonchev–Trinajstić information content (AvgIpc) is 1.67. The Balaban J connectivity index is 0.999. The van der Waals surface area contributed by atoms with E-state index in [1.165, 1.54) is 32.9 Å². The molecule has 0 aromatic heterocycles. The second-order valence-corrected chi connectivity index (χ2v) is 34.4. The minimum Gasteiger partial charge on any atom is -0.347 e. The van der Waals surface area contributed by atoms with Crippen LogP contribution in [0.4, 0.5) is 0 Å². The van der Waals surface area contributed by atoms with Crippen molar-refractivity contribution in [2.24, 2.45) is 16.2 Å². The lowest BCUT2D eigenvalue weighted by Gasteiger charge is -2.36. The zero-order valence-electron chi connectivity index (χ0n) is 67.2. The number of amides is 12. The van der Waals surface area contributed by atoms with Gasteiger partial charge >= 0.3 is 0 Å². The highest BCUT2D eigenvalue weighted by Crippen LogP contribution is 2.37. The van der Waals surface area contributed by atoms with Crippen LogP contribution in [0.1, 0.15) is 223 Å². The van der Waals surface area contributed by atoms with Crippen molar-refractivity contribution in [1.29, 1.82) is 0 Å². The molecular formula is C84H117N15O12. The number of fused-ring (bicyclic) bond motifs is 3. The number of likely N-dealkylation sites (tertiary alicyclic amines) is 3. The summed E-state index contributed by atoms with van der Waals surface area (Å²) in [6.07, 6.45) is 6.57. The quantitative estimate of drug-likeness (QED) is 0.0449. The third-order valence-electron chi connectivity index (χ3n) is 23.1. The molecule has 1 unspecified atom stereocenters. The second kappa shape index (κ2) is 35.4. The van der Waals surface area contributed by atoms with Crippen LogP contribution in [0.2, 0.25) is 0 Å². The lowest BCUT2D eigenvalue weighted by molar-refractivity contribution is -0.144. The Bertz CT molecular complexity index is 3740. The molecule has 600 valence electrons. The summed E-state index contributed by atoms with van der Waals surface area (Å²) in [5.74, 6) is -6.82. The monoisotopic (exact) mass is 1530 g/mol. The number of nitrogens with zero attached hydrogens (tertiary/aromatic N) is 3. The number of rotatable bonds is 24. The summed E-state index contributed by atoms with van der Waals surface area (Å²) < 4.78 is 0. The Hall–Kier alpha value is -9.60. The van der Waals surface area contributed by atoms with Crippen molar-refractivity contribution < 1.29 is 57.5 Å². The van der Waals surface area contributed by atoms with Crippen molar-refractivity contribution in [1.82, 2.24) is 78.5 Å². The van der Waals surface area contributed by atoms with Crippen LogP contribution in [0.3, 0.4) is 0 Å². The third kappa shape index (κ3) is 19.8. The first-order chi connectivity index (χ1) is 52.5. The molecule has 0 bridgehead atoms. The molecule has 0 saturated carbocycles. The molecule has 6 aliphatic rings. The van der Waals surface area contributed by atoms with E-state index in [2.05, 4.69) is 63.8 Å². The molecule has 3 fully saturated rings. The summed E-state index contributed by atoms with van der Waals surface area (Å²) >= 11 is 0. The predicted octanol–water partition coefficient (Wildman–Crippen LogP) is 4.78. The van der Waals surface area contributed by atoms with E-state index in [9.17, 15) is 28.8 Å². The standard InChI is InChI=1S/C84H117N15O12/c1-46(85-13)70(100)94-67(82(4,5)6)79(109)97-43-55(40-64(97)76(106)91-61-34-22-28-49-25-16-19-31-58(49)61)88-73(103)52-37-53(74(104)89-56-41-65(77(107)92-62-35-23-29-50-26-17-20-32-59(50)62)98(44-56)80(110)68(83(7,8)9)95-71(101)47(2)86-14)39-54(38-52)75(105)90-57-42-66(78(108)93-63-36-24-30-51-27-18-21-33-60(51)63)99(45-57)81(111)69(84(10,11)12)96-72(102)48(3)87-15/h16-21,25-27,31-33,37-39,46-48,55-57,61-69,85-87H,22-24,28-30,34-36,40-45H2,1-15H3,(H,88,103)(H,89,104)(H,90,105)(H,91,106)(H,92,107)(H,93,108)(H,94,100)(H,95,101)(H,96,102)/t46-,47-,48-,55-,56-,57-,61+,62+,63+,64-,65-,66-,67+,68+,69?/m0/s1. The van der Waals surface area contributed by atoms with E-state index in [1.807, 2.05) is 72.8 Å². The number of aryl methyl sites for hydroxylation is 3. The molecule has 4 aromatic rings. The van der Waals surface area contributed by atoms with Crippen LogP contribution >= 0.6 is 0 Å². The van der Waals surface area contributed by atoms with Crippen LogP contribution in [0.25, 0.3) is 0 Å². The average molecular weight is 1530 g/mol. The molecule has 0 spiro atoms. The first kappa shape index (κ1) is 83.9. The van der Waals surface area contributed by atoms with Crippen LogP contribution in [0.15, 0.2) is 91.0 Å². The van der Waals surface area contributed by atoms with E-state index >= 15 is 28.8 Å². The van der Waals surface area contributed by atoms with Crippen molar-refractivity contribution in [3.05, 3.63) is 141 Å². The predicted molar refractivity (Wildman–Crippen MR) is 421 cm³/mol. The van der Waals surface area contributed by atoms with E-state index < -0.39 is 160 Å². The number of likely N-dealkylation sites (N-methyl/N-ethyl adjacent to an activating group) is 3. The Morgan fingerprint density at radius 3 is 0.838 bits per heavy atom. The fraction of sp³-hybridized carbons (Fsp3) is 0.571. The molecule has 10 rings (SSSR count). The molecule has 0 radical (unpaired) electrons. The number of carbonyl (C=O) groups is 12. The number of nitrogens with one attached hydrogen (secondary N) is 12. The van der Waals surface area contributed by atoms with Crippen molar-refractivity contribution in [2.45, 2.75) is 251 Å². The fourth-order valence-corrected chi connectivity index (χ4v) is 16.3. The van der Waals surface area contributed by atoms with Crippen LogP contribution in [-0.4, -0.2) is 199 Å². The SMILES string of the molecule is CN[C@@H](C)C(=O)NC(C(=O)N1C[C@@H](NC(=O)c2cc(C(=O)N[C@H]3C[C@@H](C(=O)N[C@@H]4CCCc5ccccc54)N(C(=O)[C@@H](NC(=O)[C@H](C)NC)C(C)(C)C)C3)cc(C(=O)N[C@H]3C[C@@H](C(=O)N[C@@H]4CCCc5ccccc54)N(C(=O)[C@@H](NC(=O)[C@H](C)NC)C(C)(C)C)C3)c2)C[C@H]1C(=O)N[C@@H]1CCCc2ccccc21)C(C)(C)C. The zero-order valence-corrected chi connectivity index (χ0v) is 67.2. The summed E-state index contributed by atoms with van der Waals surface area (Å²) in [6, 6.07) is 14.7. The molecule has 3 heterocycles. The van der Waals surface area contributed by atoms with Gasteiger partial charge in [0.25, 0.3) is 17.7 Å². The fourth-order valence-electron chi connectivity index (χ4n) is 16.3. The van der Waals surface area contributed by atoms with Gasteiger partial charge in [0.15, 0.2) is 0 Å². The van der Waals surface area contributed by atoms with E-state index in [0.29, 0.717) is 19.3 Å². The van der Waals surface area contributed by atoms with Gasteiger partial charge in [0.2, 0.25) is 53.2 Å². The summed E-state index contributed by atoms with van der Waals surface area (Å²) in [4.78, 5) is 182. The van der Waals surface area contributed by atoms with Gasteiger partial charge in [-0.1, -0.05) is 135 Å². The highest BCUT2D eigenvalue weighted by Gasteiger charge is 2.50. The summed E-state index contributed by atoms with van der Waals surface area (Å²) in [5, 5.41) is 36.3. The van der Waals surface area contributed by atoms with Crippen LogP contribution in [-0.2, 0) is 62.4 Å². The number of hydrogen-bond donors (Lipinski definition) is 12. The van der Waals surface area contributed by atoms with Gasteiger partial charge in [0, 0.05) is 54.5 Å². The summed E-state index contributed by atoms with van der Waals surface area (Å²) in [6.45, 7) is 20.6. The van der Waals surface area contributed by atoms with Gasteiger partial charge in [0.1, 0.15) is 36.3 Å². The van der Waals surface area contributed by atoms with E-state index in [1.54, 1.807) is 104 Å². The van der Waals surface area contributed by atoms with Crippen LogP contribution < -0.4 is 63.8 Å². The lowest BCUT2D eigenvalue weighted by Crippen LogP contribution is -2.59. The van der Waals surface area contributed by atoms with Gasteiger partial charge in [0.05, 0.1) is 36.3 Å². The third-order valence-corrected chi connectivity index (χ3v) is 23.1. The molecule has 3 aliphatic heterocycles. The maximum atomic E-state index is 15.4. The summed E-state index contributed by atoms with van der Waals surface area (Å²) in [5.41, 5.74) is 2.95. The Labute approximate surface area is 652 Å². The van der Waals surface area contributed by atoms with Gasteiger partial charge in [-0.05, 0) is 187 Å². The minimum absolute atomic E-state index is 0.0801. The highest BCUT2D eigenvalue weighted by molar-refractivity contribution is 6.06. The molecule has 12 N–H and O–H groups in total. The molecule has 4 aromatic carbocycles. The molecule has 111 heavy (non-hydrogen) atoms. The molecule has 3 saturated heterocycles. The zero-order chi connectivity index (χ0) is 80.7. The van der Waals surface area contributed by atoms with Crippen LogP contribution in [0, 0.1) is 16.2 Å². The highest BCUT2D eigenvalue weighted by atomic mass is 16.2. The van der Waals surface area contributed by atoms with Crippen LogP contribution in [0.5, 0.6) is 0 Å². The molecule has 3 aliphatic carbocycles. The Morgan fingerprint density at radius 1 is 0.360 bits per heavy atom. The Morgan fingerprint density at radius 2 is 0.604 bits per heavy atom. The second-order valence-electron chi connectivity index (χ2n) is 34.4. The van der Waals surface area contributed by atoms with Gasteiger partial charge in [-0.3, -0.25) is 57.5 Å². The lowest BCUT2D eigenvalue weighted by atomic mass is 9.85. The maximum absolute atomic E-state index is 15.4. The minimum atomic E-state index is -1.15. The normalized spacial score (nSPS) is 23.3.